The van der Waals surface area contributed by atoms with E-state index in [1.54, 1.807) is 4.90 Å². The van der Waals surface area contributed by atoms with E-state index in [1.165, 1.54) is 16.7 Å². The number of aromatic nitrogens is 2. The van der Waals surface area contributed by atoms with Crippen molar-refractivity contribution in [1.29, 1.82) is 0 Å². The van der Waals surface area contributed by atoms with Gasteiger partial charge >= 0.3 is 0 Å². The summed E-state index contributed by atoms with van der Waals surface area (Å²) in [6.45, 7) is 6.96. The van der Waals surface area contributed by atoms with Crippen LogP contribution in [0.3, 0.4) is 0 Å². The van der Waals surface area contributed by atoms with Crippen LogP contribution in [0.25, 0.3) is 23.0 Å². The van der Waals surface area contributed by atoms with Crippen LogP contribution >= 0.6 is 35.7 Å². The van der Waals surface area contributed by atoms with Crippen LogP contribution in [0.4, 0.5) is 0 Å². The van der Waals surface area contributed by atoms with Gasteiger partial charge < -0.3 is 0 Å². The molecule has 0 aliphatic carbocycles. The smallest absolute Gasteiger partial charge is 0.266 e. The maximum Gasteiger partial charge on any atom is 0.266 e. The van der Waals surface area contributed by atoms with E-state index in [1.807, 2.05) is 59.0 Å². The highest BCUT2D eigenvalue weighted by molar-refractivity contribution is 8.26. The van der Waals surface area contributed by atoms with E-state index in [4.69, 9.17) is 17.3 Å². The highest BCUT2D eigenvalue weighted by atomic mass is 32.2. The summed E-state index contributed by atoms with van der Waals surface area (Å²) in [5.74, 6) is 1.36. The van der Waals surface area contributed by atoms with E-state index in [0.29, 0.717) is 21.7 Å². The third-order valence-electron chi connectivity index (χ3n) is 4.91. The van der Waals surface area contributed by atoms with Gasteiger partial charge in [0, 0.05) is 28.8 Å². The van der Waals surface area contributed by atoms with Gasteiger partial charge in [-0.05, 0) is 42.0 Å². The molecule has 164 valence electrons. The van der Waals surface area contributed by atoms with Crippen LogP contribution in [-0.2, 0) is 4.79 Å². The van der Waals surface area contributed by atoms with Gasteiger partial charge in [0.1, 0.15) is 4.32 Å². The molecule has 1 aromatic heterocycles. The van der Waals surface area contributed by atoms with Crippen LogP contribution in [0, 0.1) is 5.92 Å². The number of rotatable bonds is 7. The van der Waals surface area contributed by atoms with Crippen molar-refractivity contribution in [1.82, 2.24) is 14.7 Å². The Labute approximate surface area is 203 Å². The Morgan fingerprint density at radius 1 is 1.12 bits per heavy atom. The van der Waals surface area contributed by atoms with E-state index in [9.17, 15) is 4.79 Å². The Balaban J connectivity index is 1.75. The normalized spacial score (nSPS) is 15.4. The number of amides is 1. The second-order valence-corrected chi connectivity index (χ2v) is 10.9. The zero-order valence-corrected chi connectivity index (χ0v) is 20.8. The Bertz CT molecular complexity index is 1150. The molecule has 0 saturated carbocycles. The van der Waals surface area contributed by atoms with E-state index < -0.39 is 0 Å². The van der Waals surface area contributed by atoms with Crippen molar-refractivity contribution in [2.75, 3.05) is 12.3 Å². The van der Waals surface area contributed by atoms with E-state index in [2.05, 4.69) is 45.0 Å². The quantitative estimate of drug-likeness (QED) is 0.219. The number of thioether (sulfide) groups is 2. The van der Waals surface area contributed by atoms with Crippen molar-refractivity contribution in [3.8, 4) is 16.9 Å². The molecule has 32 heavy (non-hydrogen) atoms. The Kier molecular flexibility index (Phi) is 7.18. The first-order valence-electron chi connectivity index (χ1n) is 10.6. The fourth-order valence-corrected chi connectivity index (χ4v) is 5.40. The average Bonchev–Trinajstić information content (AvgIpc) is 3.32. The second-order valence-electron chi connectivity index (χ2n) is 7.86. The molecule has 4 rings (SSSR count). The molecule has 0 bridgehead atoms. The van der Waals surface area contributed by atoms with Crippen molar-refractivity contribution in [3.63, 3.8) is 0 Å². The number of hydrogen-bond donors (Lipinski definition) is 0. The third kappa shape index (κ3) is 5.00. The first-order valence-corrected chi connectivity index (χ1v) is 12.8. The van der Waals surface area contributed by atoms with Crippen molar-refractivity contribution in [2.24, 2.45) is 5.92 Å². The lowest BCUT2D eigenvalue weighted by Gasteiger charge is -2.16. The SMILES string of the molecule is CCSc1ccc(-c2nn(-c3ccccc3)cc2/C=C2\SC(=S)N(CC(C)C)C2=O)cc1. The molecule has 2 aromatic carbocycles. The van der Waals surface area contributed by atoms with Gasteiger partial charge in [-0.3, -0.25) is 9.69 Å². The summed E-state index contributed by atoms with van der Waals surface area (Å²) < 4.78 is 2.48. The summed E-state index contributed by atoms with van der Waals surface area (Å²) in [6, 6.07) is 18.4. The van der Waals surface area contributed by atoms with Gasteiger partial charge in [0.15, 0.2) is 0 Å². The minimum Gasteiger partial charge on any atom is -0.293 e. The molecule has 0 unspecified atom stereocenters. The number of benzene rings is 2. The van der Waals surface area contributed by atoms with Gasteiger partial charge in [0.2, 0.25) is 0 Å². The molecule has 0 spiro atoms. The van der Waals surface area contributed by atoms with Gasteiger partial charge in [-0.15, -0.1) is 11.8 Å². The number of hydrogen-bond acceptors (Lipinski definition) is 5. The van der Waals surface area contributed by atoms with E-state index >= 15 is 0 Å². The second kappa shape index (κ2) is 10.1. The van der Waals surface area contributed by atoms with Crippen LogP contribution in [0.5, 0.6) is 0 Å². The number of carbonyl (C=O) groups is 1. The van der Waals surface area contributed by atoms with E-state index in [0.717, 1.165) is 28.3 Å². The monoisotopic (exact) mass is 479 g/mol. The van der Waals surface area contributed by atoms with Crippen molar-refractivity contribution < 1.29 is 4.79 Å². The van der Waals surface area contributed by atoms with Crippen LogP contribution in [-0.4, -0.2) is 37.2 Å². The Morgan fingerprint density at radius 3 is 2.50 bits per heavy atom. The summed E-state index contributed by atoms with van der Waals surface area (Å²) in [5.41, 5.74) is 3.73. The number of para-hydroxylation sites is 1. The minimum absolute atomic E-state index is 0.0261. The molecule has 1 fully saturated rings. The lowest BCUT2D eigenvalue weighted by molar-refractivity contribution is -0.122. The Morgan fingerprint density at radius 2 is 1.84 bits per heavy atom. The predicted molar refractivity (Wildman–Crippen MR) is 140 cm³/mol. The molecule has 0 radical (unpaired) electrons. The molecule has 1 aliphatic heterocycles. The summed E-state index contributed by atoms with van der Waals surface area (Å²) in [5, 5.41) is 4.88. The van der Waals surface area contributed by atoms with Crippen molar-refractivity contribution in [2.45, 2.75) is 25.7 Å². The van der Waals surface area contributed by atoms with Crippen LogP contribution in [0.1, 0.15) is 26.3 Å². The molecule has 4 nitrogen and oxygen atoms in total. The number of thiocarbonyl (C=S) groups is 1. The first-order chi connectivity index (χ1) is 15.5. The molecule has 1 amide bonds. The van der Waals surface area contributed by atoms with Gasteiger partial charge in [-0.2, -0.15) is 5.10 Å². The molecule has 0 atom stereocenters. The zero-order valence-electron chi connectivity index (χ0n) is 18.3. The van der Waals surface area contributed by atoms with Crippen LogP contribution in [0.15, 0.2) is 70.6 Å². The topological polar surface area (TPSA) is 38.1 Å². The number of carbonyl (C=O) groups excluding carboxylic acids is 1. The molecule has 2 heterocycles. The molecule has 0 N–H and O–H groups in total. The fourth-order valence-electron chi connectivity index (χ4n) is 3.47. The molecule has 1 saturated heterocycles. The minimum atomic E-state index is -0.0261. The standard InChI is InChI=1S/C25H25N3OS3/c1-4-31-21-12-10-18(11-13-21)23-19(16-28(26-23)20-8-6-5-7-9-20)14-22-24(29)27(15-17(2)3)25(30)32-22/h5-14,16-17H,4,15H2,1-3H3/b22-14-. The highest BCUT2D eigenvalue weighted by Gasteiger charge is 2.32. The summed E-state index contributed by atoms with van der Waals surface area (Å²) in [7, 11) is 0. The summed E-state index contributed by atoms with van der Waals surface area (Å²) >= 11 is 8.66. The molecule has 1 aliphatic rings. The zero-order chi connectivity index (χ0) is 22.7. The lowest BCUT2D eigenvalue weighted by atomic mass is 10.1. The van der Waals surface area contributed by atoms with Crippen molar-refractivity contribution >= 4 is 52.0 Å². The predicted octanol–water partition coefficient (Wildman–Crippen LogP) is 6.51. The summed E-state index contributed by atoms with van der Waals surface area (Å²) in [6.07, 6.45) is 3.91. The third-order valence-corrected chi connectivity index (χ3v) is 7.18. The largest absolute Gasteiger partial charge is 0.293 e. The fraction of sp³-hybridized carbons (Fsp3) is 0.240. The van der Waals surface area contributed by atoms with Gasteiger partial charge in [-0.25, -0.2) is 4.68 Å². The molecule has 3 aromatic rings. The first kappa shape index (κ1) is 22.8. The van der Waals surface area contributed by atoms with Gasteiger partial charge in [0.05, 0.1) is 16.3 Å². The summed E-state index contributed by atoms with van der Waals surface area (Å²) in [4.78, 5) is 16.6. The molecule has 7 heteroatoms. The van der Waals surface area contributed by atoms with Crippen molar-refractivity contribution in [3.05, 3.63) is 71.3 Å². The van der Waals surface area contributed by atoms with E-state index in [-0.39, 0.29) is 5.91 Å². The molecular weight excluding hydrogens is 454 g/mol. The highest BCUT2D eigenvalue weighted by Crippen LogP contribution is 2.35. The van der Waals surface area contributed by atoms with Crippen LogP contribution < -0.4 is 0 Å². The number of nitrogens with zero attached hydrogens (tertiary/aromatic N) is 3. The maximum atomic E-state index is 13.0. The Hall–Kier alpha value is -2.35. The average molecular weight is 480 g/mol. The van der Waals surface area contributed by atoms with Gasteiger partial charge in [-0.1, -0.05) is 75.1 Å². The maximum absolute atomic E-state index is 13.0. The van der Waals surface area contributed by atoms with Gasteiger partial charge in [0.25, 0.3) is 5.91 Å². The molecular formula is C25H25N3OS3. The van der Waals surface area contributed by atoms with Crippen LogP contribution in [0.2, 0.25) is 0 Å². The lowest BCUT2D eigenvalue weighted by Crippen LogP contribution is -2.31.